The van der Waals surface area contributed by atoms with Crippen LogP contribution in [0.5, 0.6) is 0 Å². The summed E-state index contributed by atoms with van der Waals surface area (Å²) in [5.41, 5.74) is 6.96. The minimum absolute atomic E-state index is 0.183. The number of nitrogens with two attached hydrogens (primary N) is 1. The number of thiazole rings is 1. The lowest BCUT2D eigenvalue weighted by molar-refractivity contribution is 0.0998. The smallest absolute Gasteiger partial charge is 0.267 e. The van der Waals surface area contributed by atoms with Crippen LogP contribution in [-0.2, 0) is 6.42 Å². The number of hydrogen-bond acceptors (Lipinski definition) is 4. The highest BCUT2D eigenvalue weighted by Gasteiger charge is 2.16. The van der Waals surface area contributed by atoms with Crippen molar-refractivity contribution in [1.82, 2.24) is 4.98 Å². The van der Waals surface area contributed by atoms with Crippen LogP contribution in [0, 0.1) is 12.8 Å². The molecule has 5 nitrogen and oxygen atoms in total. The van der Waals surface area contributed by atoms with Gasteiger partial charge in [0.1, 0.15) is 4.88 Å². The van der Waals surface area contributed by atoms with Crippen LogP contribution in [0.1, 0.15) is 44.6 Å². The van der Waals surface area contributed by atoms with Gasteiger partial charge in [-0.05, 0) is 37.1 Å². The van der Waals surface area contributed by atoms with Gasteiger partial charge < -0.3 is 11.1 Å². The van der Waals surface area contributed by atoms with Gasteiger partial charge in [0.2, 0.25) is 5.91 Å². The van der Waals surface area contributed by atoms with E-state index in [0.29, 0.717) is 22.0 Å². The number of amides is 2. The molecule has 3 N–H and O–H groups in total. The van der Waals surface area contributed by atoms with E-state index in [1.807, 2.05) is 6.92 Å². The topological polar surface area (TPSA) is 85.1 Å². The van der Waals surface area contributed by atoms with Gasteiger partial charge in [-0.15, -0.1) is 11.3 Å². The fourth-order valence-electron chi connectivity index (χ4n) is 2.01. The van der Waals surface area contributed by atoms with Gasteiger partial charge in [-0.2, -0.15) is 0 Å². The van der Waals surface area contributed by atoms with Crippen molar-refractivity contribution in [3.8, 4) is 0 Å². The van der Waals surface area contributed by atoms with Crippen LogP contribution in [0.25, 0.3) is 0 Å². The number of aryl methyl sites for hydroxylation is 1. The number of rotatable bonds is 5. The van der Waals surface area contributed by atoms with E-state index in [9.17, 15) is 9.59 Å². The van der Waals surface area contributed by atoms with Gasteiger partial charge in [0.05, 0.1) is 10.7 Å². The third-order valence-electron chi connectivity index (χ3n) is 3.06. The molecule has 0 atom stereocenters. The number of anilines is 1. The molecule has 0 bridgehead atoms. The molecule has 116 valence electrons. The molecular formula is C16H19N3O2S. The van der Waals surface area contributed by atoms with Gasteiger partial charge in [0.15, 0.2) is 0 Å². The second-order valence-electron chi connectivity index (χ2n) is 5.52. The molecule has 0 unspecified atom stereocenters. The van der Waals surface area contributed by atoms with Crippen LogP contribution in [0.3, 0.4) is 0 Å². The van der Waals surface area contributed by atoms with E-state index in [1.54, 1.807) is 24.3 Å². The number of nitrogens with one attached hydrogen (secondary N) is 1. The summed E-state index contributed by atoms with van der Waals surface area (Å²) in [6, 6.07) is 6.48. The van der Waals surface area contributed by atoms with Crippen LogP contribution in [0.4, 0.5) is 5.69 Å². The average molecular weight is 317 g/mol. The molecule has 0 aliphatic heterocycles. The highest BCUT2D eigenvalue weighted by Crippen LogP contribution is 2.22. The predicted octanol–water partition coefficient (Wildman–Crippen LogP) is 3.00. The molecule has 2 amide bonds. The maximum atomic E-state index is 12.3. The predicted molar refractivity (Wildman–Crippen MR) is 88.3 cm³/mol. The Morgan fingerprint density at radius 1 is 1.27 bits per heavy atom. The maximum absolute atomic E-state index is 12.3. The molecule has 1 aromatic heterocycles. The maximum Gasteiger partial charge on any atom is 0.267 e. The summed E-state index contributed by atoms with van der Waals surface area (Å²) in [5.74, 6) is -0.172. The van der Waals surface area contributed by atoms with Crippen molar-refractivity contribution < 1.29 is 9.59 Å². The summed E-state index contributed by atoms with van der Waals surface area (Å²) < 4.78 is 0. The molecule has 0 aliphatic carbocycles. The van der Waals surface area contributed by atoms with E-state index in [1.165, 1.54) is 11.3 Å². The first-order valence-corrected chi connectivity index (χ1v) is 7.86. The van der Waals surface area contributed by atoms with Crippen LogP contribution in [0.15, 0.2) is 24.3 Å². The third kappa shape index (κ3) is 3.92. The Bertz CT molecular complexity index is 690. The van der Waals surface area contributed by atoms with E-state index in [0.717, 1.165) is 17.1 Å². The van der Waals surface area contributed by atoms with E-state index in [-0.39, 0.29) is 5.91 Å². The van der Waals surface area contributed by atoms with Gasteiger partial charge in [-0.1, -0.05) is 13.8 Å². The van der Waals surface area contributed by atoms with Crippen molar-refractivity contribution in [2.24, 2.45) is 11.7 Å². The normalized spacial score (nSPS) is 10.7. The minimum Gasteiger partial charge on any atom is -0.366 e. The van der Waals surface area contributed by atoms with Crippen molar-refractivity contribution in [3.05, 3.63) is 45.4 Å². The SMILES string of the molecule is Cc1nc(CC(C)C)sc1C(=O)Nc1ccc(C(N)=O)cc1. The molecule has 0 saturated heterocycles. The van der Waals surface area contributed by atoms with Crippen LogP contribution < -0.4 is 11.1 Å². The van der Waals surface area contributed by atoms with E-state index in [2.05, 4.69) is 24.1 Å². The molecule has 1 heterocycles. The Kier molecular flexibility index (Phi) is 4.92. The van der Waals surface area contributed by atoms with Gasteiger partial charge in [-0.25, -0.2) is 4.98 Å². The Morgan fingerprint density at radius 2 is 1.91 bits per heavy atom. The van der Waals surface area contributed by atoms with Gasteiger partial charge >= 0.3 is 0 Å². The first-order chi connectivity index (χ1) is 10.4. The van der Waals surface area contributed by atoms with E-state index < -0.39 is 5.91 Å². The lowest BCUT2D eigenvalue weighted by Crippen LogP contribution is -2.13. The van der Waals surface area contributed by atoms with Crippen molar-refractivity contribution in [2.75, 3.05) is 5.32 Å². The fourth-order valence-corrected chi connectivity index (χ4v) is 3.18. The second kappa shape index (κ2) is 6.70. The molecule has 0 radical (unpaired) electrons. The first kappa shape index (κ1) is 16.2. The van der Waals surface area contributed by atoms with Crippen molar-refractivity contribution in [2.45, 2.75) is 27.2 Å². The number of primary amides is 1. The number of nitrogens with zero attached hydrogens (tertiary/aromatic N) is 1. The molecule has 22 heavy (non-hydrogen) atoms. The Morgan fingerprint density at radius 3 is 2.45 bits per heavy atom. The summed E-state index contributed by atoms with van der Waals surface area (Å²) in [4.78, 5) is 28.4. The highest BCUT2D eigenvalue weighted by molar-refractivity contribution is 7.13. The molecule has 2 aromatic rings. The molecule has 0 fully saturated rings. The van der Waals surface area contributed by atoms with Gasteiger partial charge in [0, 0.05) is 17.7 Å². The zero-order chi connectivity index (χ0) is 16.3. The zero-order valence-corrected chi connectivity index (χ0v) is 13.7. The second-order valence-corrected chi connectivity index (χ2v) is 6.60. The van der Waals surface area contributed by atoms with E-state index >= 15 is 0 Å². The summed E-state index contributed by atoms with van der Waals surface area (Å²) in [6.07, 6.45) is 0.867. The third-order valence-corrected chi connectivity index (χ3v) is 4.24. The molecule has 0 spiro atoms. The van der Waals surface area contributed by atoms with Crippen molar-refractivity contribution in [1.29, 1.82) is 0 Å². The standard InChI is InChI=1S/C16H19N3O2S/c1-9(2)8-13-18-10(3)14(22-13)16(21)19-12-6-4-11(5-7-12)15(17)20/h4-7,9H,8H2,1-3H3,(H2,17,20)(H,19,21). The number of hydrogen-bond donors (Lipinski definition) is 2. The number of carbonyl (C=O) groups is 2. The lowest BCUT2D eigenvalue weighted by atomic mass is 10.1. The quantitative estimate of drug-likeness (QED) is 0.889. The van der Waals surface area contributed by atoms with Crippen molar-refractivity contribution in [3.63, 3.8) is 0 Å². The molecular weight excluding hydrogens is 298 g/mol. The molecule has 0 aliphatic rings. The van der Waals surface area contributed by atoms with Gasteiger partial charge in [0.25, 0.3) is 5.91 Å². The molecule has 0 saturated carbocycles. The monoisotopic (exact) mass is 317 g/mol. The summed E-state index contributed by atoms with van der Waals surface area (Å²) >= 11 is 1.43. The highest BCUT2D eigenvalue weighted by atomic mass is 32.1. The van der Waals surface area contributed by atoms with Crippen LogP contribution >= 0.6 is 11.3 Å². The number of benzene rings is 1. The van der Waals surface area contributed by atoms with Gasteiger partial charge in [-0.3, -0.25) is 9.59 Å². The van der Waals surface area contributed by atoms with Crippen LogP contribution in [-0.4, -0.2) is 16.8 Å². The average Bonchev–Trinajstić information content (AvgIpc) is 2.79. The van der Waals surface area contributed by atoms with E-state index in [4.69, 9.17) is 5.73 Å². The first-order valence-electron chi connectivity index (χ1n) is 7.04. The van der Waals surface area contributed by atoms with Crippen LogP contribution in [0.2, 0.25) is 0 Å². The zero-order valence-electron chi connectivity index (χ0n) is 12.8. The Hall–Kier alpha value is -2.21. The summed E-state index contributed by atoms with van der Waals surface area (Å²) in [6.45, 7) is 6.08. The lowest BCUT2D eigenvalue weighted by Gasteiger charge is -2.04. The van der Waals surface area contributed by atoms with Crippen molar-refractivity contribution >= 4 is 28.8 Å². The number of aromatic nitrogens is 1. The fraction of sp³-hybridized carbons (Fsp3) is 0.312. The Labute approximate surface area is 133 Å². The molecule has 2 rings (SSSR count). The summed E-state index contributed by atoms with van der Waals surface area (Å²) in [5, 5.41) is 3.79. The molecule has 1 aromatic carbocycles. The minimum atomic E-state index is -0.491. The molecule has 6 heteroatoms. The largest absolute Gasteiger partial charge is 0.366 e. The number of carbonyl (C=O) groups excluding carboxylic acids is 2. The Balaban J connectivity index is 2.11. The summed E-state index contributed by atoms with van der Waals surface area (Å²) in [7, 11) is 0.